The predicted molar refractivity (Wildman–Crippen MR) is 253 cm³/mol. The minimum Gasteiger partial charge on any atom is -0.462 e. The lowest BCUT2D eigenvalue weighted by molar-refractivity contribution is -0.245. The first-order valence-corrected chi connectivity index (χ1v) is 25.8. The highest BCUT2D eigenvalue weighted by atomic mass is 16.7. The van der Waals surface area contributed by atoms with Crippen molar-refractivity contribution in [1.82, 2.24) is 0 Å². The van der Waals surface area contributed by atoms with E-state index < -0.39 is 48.6 Å². The number of rotatable bonds is 15. The molecule has 5 aliphatic carbocycles. The van der Waals surface area contributed by atoms with E-state index in [1.54, 1.807) is 36.4 Å². The number of aliphatic hydroxyl groups is 2. The molecule has 11 nitrogen and oxygen atoms in total. The number of ether oxygens (including phenoxy) is 5. The van der Waals surface area contributed by atoms with Crippen molar-refractivity contribution in [2.75, 3.05) is 19.8 Å². The van der Waals surface area contributed by atoms with E-state index in [9.17, 15) is 29.4 Å². The summed E-state index contributed by atoms with van der Waals surface area (Å²) < 4.78 is 30.8. The molecule has 19 atom stereocenters. The number of esters is 2. The molecule has 67 heavy (non-hydrogen) atoms. The van der Waals surface area contributed by atoms with Crippen LogP contribution in [0.2, 0.25) is 0 Å². The number of Topliss-reactive ketones (excluding diaryl/α,β-unsaturated/α-hetero) is 2. The third-order valence-electron chi connectivity index (χ3n) is 18.7. The molecule has 0 bridgehead atoms. The van der Waals surface area contributed by atoms with Gasteiger partial charge in [0.2, 0.25) is 0 Å². The van der Waals surface area contributed by atoms with Crippen LogP contribution >= 0.6 is 0 Å². The molecule has 2 aromatic rings. The van der Waals surface area contributed by atoms with E-state index in [2.05, 4.69) is 34.6 Å². The third-order valence-corrected chi connectivity index (χ3v) is 18.7. The maximum Gasteiger partial charge on any atom is 0.338 e. The SMILES string of the molecule is C[C@@H](CCC(=O)[C@@H](C)C1C(=O)CC2C3CCC4CC(O[C@@H]5CC(COC(=O)c6ccccc6)[C@@H](O)[C@H](C)C5O)CCC4(C)C3CCC21C)CO[C@@H]1OC[C@@H](C)[C@H](C)C1OC(=O)c1ccccc1. The normalized spacial score (nSPS) is 40.4. The molecule has 0 spiro atoms. The van der Waals surface area contributed by atoms with Crippen molar-refractivity contribution >= 4 is 23.5 Å². The average molecular weight is 927 g/mol. The fourth-order valence-electron chi connectivity index (χ4n) is 14.2. The van der Waals surface area contributed by atoms with E-state index in [1.807, 2.05) is 38.1 Å². The second-order valence-electron chi connectivity index (χ2n) is 22.7. The third kappa shape index (κ3) is 10.2. The fourth-order valence-corrected chi connectivity index (χ4v) is 14.2. The van der Waals surface area contributed by atoms with Crippen molar-refractivity contribution in [1.29, 1.82) is 0 Å². The number of benzene rings is 2. The highest BCUT2D eigenvalue weighted by Crippen LogP contribution is 2.68. The van der Waals surface area contributed by atoms with Crippen molar-refractivity contribution in [2.24, 2.45) is 75.9 Å². The van der Waals surface area contributed by atoms with Crippen molar-refractivity contribution in [3.63, 3.8) is 0 Å². The molecule has 11 unspecified atom stereocenters. The highest BCUT2D eigenvalue weighted by molar-refractivity contribution is 5.92. The quantitative estimate of drug-likeness (QED) is 0.164. The lowest BCUT2D eigenvalue weighted by Gasteiger charge is -2.61. The van der Waals surface area contributed by atoms with Crippen LogP contribution in [0.5, 0.6) is 0 Å². The molecular weight excluding hydrogens is 849 g/mol. The second kappa shape index (κ2) is 20.9. The summed E-state index contributed by atoms with van der Waals surface area (Å²) in [7, 11) is 0. The van der Waals surface area contributed by atoms with Gasteiger partial charge in [-0.3, -0.25) is 9.59 Å². The predicted octanol–water partition coefficient (Wildman–Crippen LogP) is 9.31. The summed E-state index contributed by atoms with van der Waals surface area (Å²) in [6, 6.07) is 17.8. The number of carbonyl (C=O) groups excluding carboxylic acids is 4. The first-order valence-electron chi connectivity index (χ1n) is 25.8. The van der Waals surface area contributed by atoms with Gasteiger partial charge in [0.15, 0.2) is 12.4 Å². The monoisotopic (exact) mass is 927 g/mol. The van der Waals surface area contributed by atoms with E-state index in [4.69, 9.17) is 23.7 Å². The number of ketones is 2. The van der Waals surface area contributed by atoms with E-state index in [-0.39, 0.29) is 76.5 Å². The molecule has 1 saturated heterocycles. The summed E-state index contributed by atoms with van der Waals surface area (Å²) in [5.41, 5.74) is 0.892. The Kier molecular flexibility index (Phi) is 15.5. The van der Waals surface area contributed by atoms with E-state index >= 15 is 0 Å². The molecule has 1 heterocycles. The zero-order valence-electron chi connectivity index (χ0n) is 41.1. The number of hydrogen-bond acceptors (Lipinski definition) is 11. The Hall–Kier alpha value is -3.48. The van der Waals surface area contributed by atoms with Crippen LogP contribution < -0.4 is 0 Å². The van der Waals surface area contributed by atoms with Gasteiger partial charge in [-0.1, -0.05) is 84.9 Å². The van der Waals surface area contributed by atoms with E-state index in [0.717, 1.165) is 44.9 Å². The molecule has 11 heteroatoms. The number of aliphatic hydroxyl groups excluding tert-OH is 2. The van der Waals surface area contributed by atoms with Gasteiger partial charge in [-0.2, -0.15) is 0 Å². The molecule has 6 fully saturated rings. The summed E-state index contributed by atoms with van der Waals surface area (Å²) in [5.74, 6) is 0.291. The van der Waals surface area contributed by atoms with Crippen LogP contribution in [-0.4, -0.2) is 90.3 Å². The molecule has 1 aliphatic heterocycles. The molecule has 0 amide bonds. The van der Waals surface area contributed by atoms with Crippen LogP contribution in [-0.2, 0) is 33.3 Å². The number of hydrogen-bond donors (Lipinski definition) is 2. The van der Waals surface area contributed by atoms with Gasteiger partial charge in [0.25, 0.3) is 0 Å². The van der Waals surface area contributed by atoms with Crippen LogP contribution in [0.3, 0.4) is 0 Å². The van der Waals surface area contributed by atoms with Crippen LogP contribution in [0.15, 0.2) is 60.7 Å². The Morgan fingerprint density at radius 2 is 1.48 bits per heavy atom. The van der Waals surface area contributed by atoms with E-state index in [0.29, 0.717) is 67.8 Å². The zero-order valence-corrected chi connectivity index (χ0v) is 41.1. The van der Waals surface area contributed by atoms with Crippen LogP contribution in [0, 0.1) is 75.9 Å². The van der Waals surface area contributed by atoms with Gasteiger partial charge in [0, 0.05) is 42.4 Å². The highest BCUT2D eigenvalue weighted by Gasteiger charge is 2.63. The fraction of sp³-hybridized carbons (Fsp3) is 0.714. The number of carbonyl (C=O) groups is 4. The molecule has 5 saturated carbocycles. The van der Waals surface area contributed by atoms with E-state index in [1.165, 1.54) is 0 Å². The lowest BCUT2D eigenvalue weighted by Crippen LogP contribution is -2.55. The van der Waals surface area contributed by atoms with Gasteiger partial charge in [0.05, 0.1) is 55.4 Å². The summed E-state index contributed by atoms with van der Waals surface area (Å²) in [4.78, 5) is 53.9. The second-order valence-corrected chi connectivity index (χ2v) is 22.7. The van der Waals surface area contributed by atoms with Gasteiger partial charge >= 0.3 is 11.9 Å². The summed E-state index contributed by atoms with van der Waals surface area (Å²) in [6.45, 7) is 15.8. The van der Waals surface area contributed by atoms with Gasteiger partial charge < -0.3 is 33.9 Å². The molecule has 8 rings (SSSR count). The Labute approximate surface area is 398 Å². The molecule has 6 aliphatic rings. The Morgan fingerprint density at radius 1 is 0.806 bits per heavy atom. The van der Waals surface area contributed by atoms with Gasteiger partial charge in [-0.25, -0.2) is 9.59 Å². The standard InChI is InChI=1S/C56H78O11/c1-32(29-64-54-51(34(3)33(2)30-65-54)67-53(62)38-16-12-9-13-17-38)18-21-45(57)35(4)48-46(58)28-44-42-20-19-40-27-41(22-24-55(40,6)43(42)23-25-56(44,48)7)66-47-26-39(49(59)36(5)50(47)60)31-63-52(61)37-14-10-8-11-15-37/h8-17,32-36,39-44,47-51,54,59-60H,18-31H2,1-7H3/t32-,33+,34-,35+,36-,39?,40?,41?,42?,43?,44?,47+,48?,49-,50?,51?,54+,55?,56?/m0/s1. The Balaban J connectivity index is 0.824. The van der Waals surface area contributed by atoms with Crippen molar-refractivity contribution < 1.29 is 53.1 Å². The van der Waals surface area contributed by atoms with Crippen LogP contribution in [0.4, 0.5) is 0 Å². The minimum absolute atomic E-state index is 0.00585. The van der Waals surface area contributed by atoms with Crippen molar-refractivity contribution in [2.45, 2.75) is 156 Å². The van der Waals surface area contributed by atoms with Gasteiger partial charge in [-0.15, -0.1) is 0 Å². The maximum atomic E-state index is 14.2. The summed E-state index contributed by atoms with van der Waals surface area (Å²) >= 11 is 0. The largest absolute Gasteiger partial charge is 0.462 e. The molecule has 0 aromatic heterocycles. The smallest absolute Gasteiger partial charge is 0.338 e. The van der Waals surface area contributed by atoms with Gasteiger partial charge in [-0.05, 0) is 128 Å². The lowest BCUT2D eigenvalue weighted by atomic mass is 9.44. The van der Waals surface area contributed by atoms with Crippen molar-refractivity contribution in [3.05, 3.63) is 71.8 Å². The molecule has 2 aromatic carbocycles. The Morgan fingerprint density at radius 3 is 2.18 bits per heavy atom. The van der Waals surface area contributed by atoms with Crippen molar-refractivity contribution in [3.8, 4) is 0 Å². The zero-order chi connectivity index (χ0) is 47.8. The Bertz CT molecular complexity index is 2030. The molecular formula is C56H78O11. The molecule has 2 N–H and O–H groups in total. The summed E-state index contributed by atoms with van der Waals surface area (Å²) in [5, 5.41) is 22.4. The van der Waals surface area contributed by atoms with Crippen LogP contribution in [0.1, 0.15) is 140 Å². The first kappa shape index (κ1) is 49.9. The number of fused-ring (bicyclic) bond motifs is 5. The van der Waals surface area contributed by atoms with Crippen LogP contribution in [0.25, 0.3) is 0 Å². The first-order chi connectivity index (χ1) is 32.0. The maximum absolute atomic E-state index is 14.2. The van der Waals surface area contributed by atoms with Gasteiger partial charge in [0.1, 0.15) is 11.6 Å². The topological polar surface area (TPSA) is 155 Å². The average Bonchev–Trinajstić information content (AvgIpc) is 3.61. The molecule has 0 radical (unpaired) electrons. The molecule has 368 valence electrons. The minimum atomic E-state index is -0.807. The summed E-state index contributed by atoms with van der Waals surface area (Å²) in [6.07, 6.45) is 5.78.